The highest BCUT2D eigenvalue weighted by Gasteiger charge is 2.39. The minimum Gasteiger partial charge on any atom is -0.478 e. The van der Waals surface area contributed by atoms with E-state index >= 15 is 0 Å². The van der Waals surface area contributed by atoms with Crippen molar-refractivity contribution in [1.29, 1.82) is 0 Å². The lowest BCUT2D eigenvalue weighted by Gasteiger charge is -2.37. The molecule has 2 heterocycles. The first-order valence-corrected chi connectivity index (χ1v) is 9.21. The number of likely N-dealkylation sites (tertiary alicyclic amines) is 1. The van der Waals surface area contributed by atoms with Gasteiger partial charge in [-0.05, 0) is 30.5 Å². The number of amides is 2. The van der Waals surface area contributed by atoms with Gasteiger partial charge < -0.3 is 15.3 Å². The molecule has 8 nitrogen and oxygen atoms in total. The van der Waals surface area contributed by atoms with E-state index in [0.717, 1.165) is 11.1 Å². The predicted octanol–water partition coefficient (Wildman–Crippen LogP) is 1.39. The molecule has 3 rings (SSSR count). The molecule has 1 aromatic heterocycles. The molecule has 148 valence electrons. The molecule has 2 N–H and O–H groups in total. The summed E-state index contributed by atoms with van der Waals surface area (Å²) in [6.07, 6.45) is 4.99. The zero-order chi connectivity index (χ0) is 20.3. The molecule has 1 aromatic carbocycles. The third-order valence-corrected chi connectivity index (χ3v) is 5.18. The van der Waals surface area contributed by atoms with E-state index in [1.54, 1.807) is 54.1 Å². The Morgan fingerprint density at radius 3 is 2.57 bits per heavy atom. The van der Waals surface area contributed by atoms with Gasteiger partial charge in [-0.25, -0.2) is 4.79 Å². The monoisotopic (exact) mass is 384 g/mol. The maximum Gasteiger partial charge on any atom is 0.335 e. The van der Waals surface area contributed by atoms with Gasteiger partial charge in [0, 0.05) is 38.8 Å². The van der Waals surface area contributed by atoms with Crippen LogP contribution < -0.4 is 5.32 Å². The normalized spacial score (nSPS) is 19.5. The number of hydrogen-bond acceptors (Lipinski definition) is 4. The zero-order valence-corrected chi connectivity index (χ0v) is 16.0. The fourth-order valence-electron chi connectivity index (χ4n) is 3.64. The Morgan fingerprint density at radius 1 is 1.25 bits per heavy atom. The molecule has 1 fully saturated rings. The Bertz CT molecular complexity index is 875. The van der Waals surface area contributed by atoms with E-state index in [2.05, 4.69) is 10.4 Å². The van der Waals surface area contributed by atoms with Crippen LogP contribution in [0.4, 0.5) is 0 Å². The summed E-state index contributed by atoms with van der Waals surface area (Å²) in [5.74, 6) is -1.36. The number of carbonyl (C=O) groups excluding carboxylic acids is 2. The smallest absolute Gasteiger partial charge is 0.335 e. The second-order valence-electron chi connectivity index (χ2n) is 7.09. The average Bonchev–Trinajstić information content (AvgIpc) is 3.10. The minimum absolute atomic E-state index is 0.0245. The number of nitrogens with zero attached hydrogens (tertiary/aromatic N) is 3. The quantitative estimate of drug-likeness (QED) is 0.783. The first-order chi connectivity index (χ1) is 13.4. The highest BCUT2D eigenvalue weighted by atomic mass is 16.4. The minimum atomic E-state index is -0.961. The Labute approximate surface area is 163 Å². The zero-order valence-electron chi connectivity index (χ0n) is 16.0. The number of nitrogens with one attached hydrogen (secondary N) is 1. The van der Waals surface area contributed by atoms with Crippen LogP contribution in [0.5, 0.6) is 0 Å². The van der Waals surface area contributed by atoms with Crippen molar-refractivity contribution >= 4 is 17.8 Å². The van der Waals surface area contributed by atoms with E-state index in [1.807, 2.05) is 6.20 Å². The summed E-state index contributed by atoms with van der Waals surface area (Å²) in [6, 6.07) is 6.28. The van der Waals surface area contributed by atoms with Gasteiger partial charge in [-0.1, -0.05) is 12.1 Å². The molecular formula is C20H24N4O4. The number of hydrogen-bond donors (Lipinski definition) is 2. The topological polar surface area (TPSA) is 105 Å². The number of benzene rings is 1. The van der Waals surface area contributed by atoms with Crippen LogP contribution in [0.1, 0.15) is 40.4 Å². The second-order valence-corrected chi connectivity index (χ2v) is 7.09. The van der Waals surface area contributed by atoms with Gasteiger partial charge in [0.1, 0.15) is 0 Å². The number of aryl methyl sites for hydroxylation is 1. The molecule has 0 saturated carbocycles. The van der Waals surface area contributed by atoms with E-state index in [9.17, 15) is 14.4 Å². The maximum absolute atomic E-state index is 12.8. The number of aromatic carboxylic acids is 1. The van der Waals surface area contributed by atoms with E-state index in [0.29, 0.717) is 25.8 Å². The summed E-state index contributed by atoms with van der Waals surface area (Å²) in [7, 11) is 3.53. The third kappa shape index (κ3) is 4.21. The number of carbonyl (C=O) groups is 3. The van der Waals surface area contributed by atoms with Gasteiger partial charge in [-0.3, -0.25) is 14.3 Å². The highest BCUT2D eigenvalue weighted by molar-refractivity contribution is 5.87. The van der Waals surface area contributed by atoms with Gasteiger partial charge in [0.05, 0.1) is 23.7 Å². The van der Waals surface area contributed by atoms with Crippen LogP contribution >= 0.6 is 0 Å². The van der Waals surface area contributed by atoms with Crippen LogP contribution in [-0.4, -0.2) is 51.2 Å². The summed E-state index contributed by atoms with van der Waals surface area (Å²) < 4.78 is 1.66. The van der Waals surface area contributed by atoms with Gasteiger partial charge in [0.2, 0.25) is 11.8 Å². The molecular weight excluding hydrogens is 360 g/mol. The van der Waals surface area contributed by atoms with Crippen molar-refractivity contribution in [2.75, 3.05) is 13.6 Å². The first-order valence-electron chi connectivity index (χ1n) is 9.21. The molecule has 0 aliphatic carbocycles. The maximum atomic E-state index is 12.8. The van der Waals surface area contributed by atoms with Crippen LogP contribution in [0.25, 0.3) is 0 Å². The number of carboxylic acid groups (broad SMARTS) is 1. The third-order valence-electron chi connectivity index (χ3n) is 5.18. The second kappa shape index (κ2) is 8.24. The van der Waals surface area contributed by atoms with Crippen molar-refractivity contribution in [2.45, 2.75) is 25.3 Å². The van der Waals surface area contributed by atoms with Crippen LogP contribution in [0.2, 0.25) is 0 Å². The van der Waals surface area contributed by atoms with Gasteiger partial charge in [0.15, 0.2) is 0 Å². The average molecular weight is 384 g/mol. The lowest BCUT2D eigenvalue weighted by molar-refractivity contribution is -0.141. The van der Waals surface area contributed by atoms with Gasteiger partial charge in [-0.15, -0.1) is 0 Å². The fourth-order valence-corrected chi connectivity index (χ4v) is 3.64. The molecule has 1 aliphatic heterocycles. The molecule has 0 radical (unpaired) electrons. The van der Waals surface area contributed by atoms with Crippen LogP contribution in [0.15, 0.2) is 36.7 Å². The fraction of sp³-hybridized carbons (Fsp3) is 0.400. The summed E-state index contributed by atoms with van der Waals surface area (Å²) in [5, 5.41) is 16.1. The van der Waals surface area contributed by atoms with E-state index in [1.165, 1.54) is 0 Å². The molecule has 0 spiro atoms. The molecule has 2 atom stereocenters. The van der Waals surface area contributed by atoms with Crippen molar-refractivity contribution in [3.05, 3.63) is 53.3 Å². The molecule has 2 amide bonds. The van der Waals surface area contributed by atoms with Gasteiger partial charge in [-0.2, -0.15) is 5.10 Å². The SMILES string of the molecule is CN1C(=O)CC[C@H](C(=O)NCCc2ccc(C(=O)O)cc2)[C@@H]1c1cnn(C)c1. The molecule has 2 aromatic rings. The highest BCUT2D eigenvalue weighted by Crippen LogP contribution is 2.35. The van der Waals surface area contributed by atoms with E-state index in [4.69, 9.17) is 5.11 Å². The van der Waals surface area contributed by atoms with E-state index < -0.39 is 5.97 Å². The Hall–Kier alpha value is -3.16. The summed E-state index contributed by atoms with van der Waals surface area (Å²) in [5.41, 5.74) is 2.04. The lowest BCUT2D eigenvalue weighted by atomic mass is 9.85. The molecule has 1 saturated heterocycles. The lowest BCUT2D eigenvalue weighted by Crippen LogP contribution is -2.46. The summed E-state index contributed by atoms with van der Waals surface area (Å²) in [6.45, 7) is 0.444. The van der Waals surface area contributed by atoms with Gasteiger partial charge >= 0.3 is 5.97 Å². The first kappa shape index (κ1) is 19.6. The largest absolute Gasteiger partial charge is 0.478 e. The van der Waals surface area contributed by atoms with Crippen molar-refractivity contribution in [3.63, 3.8) is 0 Å². The Morgan fingerprint density at radius 2 is 1.96 bits per heavy atom. The summed E-state index contributed by atoms with van der Waals surface area (Å²) >= 11 is 0. The molecule has 28 heavy (non-hydrogen) atoms. The van der Waals surface area contributed by atoms with Crippen LogP contribution in [-0.2, 0) is 23.1 Å². The molecule has 8 heteroatoms. The standard InChI is InChI=1S/C20H24N4O4/c1-23-12-15(11-22-23)18-16(7-8-17(25)24(18)2)19(26)21-10-9-13-3-5-14(6-4-13)20(27)28/h3-6,11-12,16,18H,7-10H2,1-2H3,(H,21,26)(H,27,28)/t16-,18-/m0/s1. The predicted molar refractivity (Wildman–Crippen MR) is 102 cm³/mol. The number of rotatable bonds is 6. The number of piperidine rings is 1. The van der Waals surface area contributed by atoms with Crippen molar-refractivity contribution < 1.29 is 19.5 Å². The van der Waals surface area contributed by atoms with Crippen molar-refractivity contribution in [2.24, 2.45) is 13.0 Å². The number of carboxylic acids is 1. The summed E-state index contributed by atoms with van der Waals surface area (Å²) in [4.78, 5) is 37.5. The molecule has 0 unspecified atom stereocenters. The van der Waals surface area contributed by atoms with Crippen LogP contribution in [0.3, 0.4) is 0 Å². The number of aromatic nitrogens is 2. The molecule has 1 aliphatic rings. The van der Waals surface area contributed by atoms with E-state index in [-0.39, 0.29) is 29.3 Å². The van der Waals surface area contributed by atoms with Crippen molar-refractivity contribution in [3.8, 4) is 0 Å². The Balaban J connectivity index is 1.63. The van der Waals surface area contributed by atoms with Gasteiger partial charge in [0.25, 0.3) is 0 Å². The van der Waals surface area contributed by atoms with Crippen LogP contribution in [0, 0.1) is 5.92 Å². The Kier molecular flexibility index (Phi) is 5.77. The molecule has 0 bridgehead atoms. The van der Waals surface area contributed by atoms with Crippen molar-refractivity contribution in [1.82, 2.24) is 20.0 Å².